The summed E-state index contributed by atoms with van der Waals surface area (Å²) in [7, 11) is 0. The van der Waals surface area contributed by atoms with Gasteiger partial charge in [0.05, 0.1) is 11.6 Å². The van der Waals surface area contributed by atoms with Crippen LogP contribution >= 0.6 is 0 Å². The Balaban J connectivity index is 1.64. The molecule has 0 spiro atoms. The molecule has 0 unspecified atom stereocenters. The first-order valence-electron chi connectivity index (χ1n) is 10.2. The summed E-state index contributed by atoms with van der Waals surface area (Å²) < 4.78 is 0. The highest BCUT2D eigenvalue weighted by molar-refractivity contribution is 5.98. The summed E-state index contributed by atoms with van der Waals surface area (Å²) in [4.78, 5) is 37.2. The molecule has 1 atom stereocenters. The first kappa shape index (κ1) is 23.1. The number of aromatic amines is 1. The minimum atomic E-state index is -1.22. The van der Waals surface area contributed by atoms with E-state index in [2.05, 4.69) is 27.0 Å². The van der Waals surface area contributed by atoms with Crippen LogP contribution in [0, 0.1) is 11.3 Å². The molecule has 1 aromatic heterocycles. The molecule has 0 bridgehead atoms. The molecule has 0 saturated heterocycles. The van der Waals surface area contributed by atoms with Gasteiger partial charge in [0.1, 0.15) is 5.69 Å². The van der Waals surface area contributed by atoms with Gasteiger partial charge in [0, 0.05) is 30.0 Å². The number of nitrogens with zero attached hydrogens (tertiary/aromatic N) is 1. The zero-order valence-corrected chi connectivity index (χ0v) is 17.6. The average Bonchev–Trinajstić information content (AvgIpc) is 3.23. The smallest absolute Gasteiger partial charge is 0.404 e. The molecule has 3 amide bonds. The number of fused-ring (bicyclic) bond motifs is 1. The highest BCUT2D eigenvalue weighted by Crippen LogP contribution is 2.25. The second-order valence-corrected chi connectivity index (χ2v) is 7.40. The first-order valence-corrected chi connectivity index (χ1v) is 10.2. The van der Waals surface area contributed by atoms with Crippen LogP contribution in [-0.2, 0) is 0 Å². The Hall–Kier alpha value is -4.52. The van der Waals surface area contributed by atoms with Gasteiger partial charge in [-0.1, -0.05) is 24.3 Å². The highest BCUT2D eigenvalue weighted by atomic mass is 16.4. The molecule has 0 aliphatic carbocycles. The van der Waals surface area contributed by atoms with Crippen LogP contribution in [0.1, 0.15) is 28.9 Å². The number of nitrogens with one attached hydrogen (secondary N) is 4. The zero-order chi connectivity index (χ0) is 23.8. The van der Waals surface area contributed by atoms with E-state index in [0.29, 0.717) is 24.1 Å². The standard InChI is InChI=1S/C23H23N5O5/c24-12-14-3-5-15(6-4-14)16-7-8-17-11-20(28-19(17)10-16)21(29)26-13-18(27-23(32)33)2-1-9-25-22(30)31/h3-8,10-11,18,25,27-28H,1-2,9,13H2,(H,26,29)(H,30,31)(H,32,33)/t18-/m1/s1. The molecule has 3 aromatic rings. The van der Waals surface area contributed by atoms with Crippen molar-refractivity contribution in [3.8, 4) is 17.2 Å². The molecule has 3 rings (SSSR count). The van der Waals surface area contributed by atoms with Crippen molar-refractivity contribution in [2.75, 3.05) is 13.1 Å². The fourth-order valence-electron chi connectivity index (χ4n) is 3.42. The minimum absolute atomic E-state index is 0.0596. The second kappa shape index (κ2) is 10.7. The molecule has 170 valence electrons. The molecule has 0 saturated carbocycles. The SMILES string of the molecule is N#Cc1ccc(-c2ccc3cc(C(=O)NC[C@@H](CCCNC(=O)O)NC(=O)O)[nH]c3c2)cc1. The highest BCUT2D eigenvalue weighted by Gasteiger charge is 2.15. The lowest BCUT2D eigenvalue weighted by molar-refractivity contribution is 0.0943. The van der Waals surface area contributed by atoms with Gasteiger partial charge in [-0.15, -0.1) is 0 Å². The Morgan fingerprint density at radius 1 is 0.970 bits per heavy atom. The number of carbonyl (C=O) groups excluding carboxylic acids is 1. The van der Waals surface area contributed by atoms with Gasteiger partial charge in [0.2, 0.25) is 0 Å². The van der Waals surface area contributed by atoms with Crippen LogP contribution in [0.15, 0.2) is 48.5 Å². The normalized spacial score (nSPS) is 11.4. The molecular weight excluding hydrogens is 426 g/mol. The van der Waals surface area contributed by atoms with E-state index in [1.54, 1.807) is 18.2 Å². The van der Waals surface area contributed by atoms with Crippen molar-refractivity contribution in [1.29, 1.82) is 5.26 Å². The molecule has 0 aliphatic rings. The topological polar surface area (TPSA) is 167 Å². The summed E-state index contributed by atoms with van der Waals surface area (Å²) in [6.45, 7) is 0.245. The molecular formula is C23H23N5O5. The number of carboxylic acid groups (broad SMARTS) is 2. The van der Waals surface area contributed by atoms with E-state index in [4.69, 9.17) is 15.5 Å². The van der Waals surface area contributed by atoms with E-state index in [1.807, 2.05) is 30.3 Å². The largest absolute Gasteiger partial charge is 0.465 e. The zero-order valence-electron chi connectivity index (χ0n) is 17.6. The van der Waals surface area contributed by atoms with Crippen LogP contribution < -0.4 is 16.0 Å². The maximum absolute atomic E-state index is 12.6. The third kappa shape index (κ3) is 6.48. The Bertz CT molecular complexity index is 1200. The van der Waals surface area contributed by atoms with Crippen LogP contribution in [0.2, 0.25) is 0 Å². The minimum Gasteiger partial charge on any atom is -0.465 e. The van der Waals surface area contributed by atoms with Crippen molar-refractivity contribution in [3.05, 3.63) is 59.8 Å². The van der Waals surface area contributed by atoms with Gasteiger partial charge in [-0.2, -0.15) is 5.26 Å². The molecule has 0 aliphatic heterocycles. The number of H-pyrrole nitrogens is 1. The summed E-state index contributed by atoms with van der Waals surface area (Å²) in [5.74, 6) is -0.382. The number of carbonyl (C=O) groups is 3. The molecule has 2 aromatic carbocycles. The van der Waals surface area contributed by atoms with Crippen molar-refractivity contribution in [2.24, 2.45) is 0 Å². The second-order valence-electron chi connectivity index (χ2n) is 7.40. The van der Waals surface area contributed by atoms with E-state index < -0.39 is 18.2 Å². The number of hydrogen-bond acceptors (Lipinski definition) is 4. The van der Waals surface area contributed by atoms with E-state index in [9.17, 15) is 14.4 Å². The molecule has 1 heterocycles. The lowest BCUT2D eigenvalue weighted by Gasteiger charge is -2.17. The molecule has 0 fully saturated rings. The summed E-state index contributed by atoms with van der Waals surface area (Å²) in [6.07, 6.45) is -1.60. The van der Waals surface area contributed by atoms with E-state index in [-0.39, 0.29) is 19.0 Å². The lowest BCUT2D eigenvalue weighted by Crippen LogP contribution is -2.43. The molecule has 10 heteroatoms. The van der Waals surface area contributed by atoms with Gasteiger partial charge in [-0.25, -0.2) is 9.59 Å². The fraction of sp³-hybridized carbons (Fsp3) is 0.217. The van der Waals surface area contributed by atoms with Crippen LogP contribution in [0.4, 0.5) is 9.59 Å². The lowest BCUT2D eigenvalue weighted by atomic mass is 10.0. The van der Waals surface area contributed by atoms with Gasteiger partial charge in [-0.05, 0) is 48.2 Å². The van der Waals surface area contributed by atoms with Gasteiger partial charge >= 0.3 is 12.2 Å². The van der Waals surface area contributed by atoms with Crippen LogP contribution in [0.25, 0.3) is 22.0 Å². The molecule has 10 nitrogen and oxygen atoms in total. The summed E-state index contributed by atoms with van der Waals surface area (Å²) in [5.41, 5.74) is 3.55. The van der Waals surface area contributed by atoms with Crippen molar-refractivity contribution in [1.82, 2.24) is 20.9 Å². The Labute approximate surface area is 189 Å². The summed E-state index contributed by atoms with van der Waals surface area (Å²) >= 11 is 0. The predicted octanol–water partition coefficient (Wildman–Crippen LogP) is 3.12. The maximum atomic E-state index is 12.6. The average molecular weight is 449 g/mol. The van der Waals surface area contributed by atoms with Gasteiger partial charge in [0.15, 0.2) is 0 Å². The monoisotopic (exact) mass is 449 g/mol. The fourth-order valence-corrected chi connectivity index (χ4v) is 3.42. The Morgan fingerprint density at radius 3 is 2.36 bits per heavy atom. The number of aromatic nitrogens is 1. The van der Waals surface area contributed by atoms with E-state index >= 15 is 0 Å². The molecule has 0 radical (unpaired) electrons. The van der Waals surface area contributed by atoms with Crippen molar-refractivity contribution in [3.63, 3.8) is 0 Å². The molecule has 33 heavy (non-hydrogen) atoms. The van der Waals surface area contributed by atoms with Gasteiger partial charge < -0.3 is 31.1 Å². The summed E-state index contributed by atoms with van der Waals surface area (Å²) in [5, 5.41) is 34.6. The van der Waals surface area contributed by atoms with Gasteiger partial charge in [0.25, 0.3) is 5.91 Å². The van der Waals surface area contributed by atoms with Gasteiger partial charge in [-0.3, -0.25) is 4.79 Å². The number of rotatable bonds is 9. The predicted molar refractivity (Wildman–Crippen MR) is 121 cm³/mol. The first-order chi connectivity index (χ1) is 15.9. The third-order valence-electron chi connectivity index (χ3n) is 5.06. The number of amides is 3. The van der Waals surface area contributed by atoms with E-state index in [0.717, 1.165) is 22.0 Å². The maximum Gasteiger partial charge on any atom is 0.404 e. The van der Waals surface area contributed by atoms with Crippen LogP contribution in [0.3, 0.4) is 0 Å². The van der Waals surface area contributed by atoms with Crippen LogP contribution in [0.5, 0.6) is 0 Å². The third-order valence-corrected chi connectivity index (χ3v) is 5.06. The Morgan fingerprint density at radius 2 is 1.70 bits per heavy atom. The van der Waals surface area contributed by atoms with Crippen molar-refractivity contribution < 1.29 is 24.6 Å². The van der Waals surface area contributed by atoms with E-state index in [1.165, 1.54) is 0 Å². The number of nitriles is 1. The number of hydrogen-bond donors (Lipinski definition) is 6. The van der Waals surface area contributed by atoms with Crippen molar-refractivity contribution >= 4 is 29.0 Å². The Kier molecular flexibility index (Phi) is 7.49. The summed E-state index contributed by atoms with van der Waals surface area (Å²) in [6, 6.07) is 16.2. The van der Waals surface area contributed by atoms with Crippen LogP contribution in [-0.4, -0.2) is 52.4 Å². The number of benzene rings is 2. The van der Waals surface area contributed by atoms with Crippen molar-refractivity contribution in [2.45, 2.75) is 18.9 Å². The quantitative estimate of drug-likeness (QED) is 0.274. The molecule has 6 N–H and O–H groups in total.